The Kier molecular flexibility index (Phi) is 14.3. The van der Waals surface area contributed by atoms with Crippen molar-refractivity contribution in [3.8, 4) is 5.75 Å². The maximum Gasteiger partial charge on any atom is 0.207 e. The number of hydrogen-bond acceptors (Lipinski definition) is 4. The molecule has 1 aromatic heterocycles. The number of aryl methyl sites for hydroxylation is 1. The number of fused-ring (bicyclic) bond motifs is 1. The molecule has 0 radical (unpaired) electrons. The minimum atomic E-state index is 0.209. The quantitative estimate of drug-likeness (QED) is 0.459. The molecular weight excluding hydrogens is 428 g/mol. The van der Waals surface area contributed by atoms with Crippen molar-refractivity contribution in [1.29, 1.82) is 0 Å². The first-order chi connectivity index (χ1) is 15.0. The lowest BCUT2D eigenvalue weighted by Crippen LogP contribution is -2.50. The summed E-state index contributed by atoms with van der Waals surface area (Å²) in [5, 5.41) is 8.16. The summed E-state index contributed by atoms with van der Waals surface area (Å²) in [4.78, 5) is 11.6. The van der Waals surface area contributed by atoms with Crippen LogP contribution in [0.4, 0.5) is 0 Å². The van der Waals surface area contributed by atoms with Crippen LogP contribution in [0.3, 0.4) is 0 Å². The van der Waals surface area contributed by atoms with Gasteiger partial charge in [-0.2, -0.15) is 0 Å². The van der Waals surface area contributed by atoms with Crippen LogP contribution >= 0.6 is 22.9 Å². The maximum atomic E-state index is 10.3. The fourth-order valence-corrected chi connectivity index (χ4v) is 4.52. The predicted molar refractivity (Wildman–Crippen MR) is 139 cm³/mol. The Balaban J connectivity index is 0.000000470. The number of rotatable bonds is 3. The lowest BCUT2D eigenvalue weighted by Gasteiger charge is -2.31. The Morgan fingerprint density at radius 2 is 1.77 bits per heavy atom. The standard InChI is InChI=1S/C10H9ClOS.C9H14N2O.3C2H6/c1-6-5-7-3-4-8(12-2)9(11)10(7)13-6;1-7-4-8(10-6-12)9(2-3-9)11-5-7;3*1-2/h3-5H,1-2H3;5-6,8,11H,2-4H2,1H3,(H,10,12);3*1-2H3. The molecule has 1 aliphatic heterocycles. The van der Waals surface area contributed by atoms with Crippen molar-refractivity contribution in [2.24, 2.45) is 0 Å². The number of amides is 1. The third kappa shape index (κ3) is 8.04. The van der Waals surface area contributed by atoms with Gasteiger partial charge in [0.05, 0.1) is 23.4 Å². The second kappa shape index (κ2) is 15.1. The van der Waals surface area contributed by atoms with Crippen LogP contribution in [0, 0.1) is 6.92 Å². The van der Waals surface area contributed by atoms with Gasteiger partial charge in [0.25, 0.3) is 0 Å². The molecule has 1 amide bonds. The lowest BCUT2D eigenvalue weighted by molar-refractivity contribution is -0.110. The smallest absolute Gasteiger partial charge is 0.207 e. The maximum absolute atomic E-state index is 10.3. The number of nitrogens with one attached hydrogen (secondary N) is 2. The summed E-state index contributed by atoms with van der Waals surface area (Å²) >= 11 is 7.84. The van der Waals surface area contributed by atoms with E-state index in [9.17, 15) is 4.79 Å². The molecule has 6 heteroatoms. The third-order valence-corrected chi connectivity index (χ3v) is 6.36. The Bertz CT molecular complexity index is 813. The molecule has 0 saturated heterocycles. The van der Waals surface area contributed by atoms with Gasteiger partial charge >= 0.3 is 0 Å². The average Bonchev–Trinajstić information content (AvgIpc) is 3.49. The summed E-state index contributed by atoms with van der Waals surface area (Å²) in [6.07, 6.45) is 6.25. The third-order valence-electron chi connectivity index (χ3n) is 4.79. The summed E-state index contributed by atoms with van der Waals surface area (Å²) in [5.41, 5.74) is 1.52. The van der Waals surface area contributed by atoms with Crippen LogP contribution in [0.25, 0.3) is 10.1 Å². The van der Waals surface area contributed by atoms with Crippen molar-refractivity contribution in [3.05, 3.63) is 39.9 Å². The zero-order valence-electron chi connectivity index (χ0n) is 20.7. The Morgan fingerprint density at radius 1 is 1.16 bits per heavy atom. The van der Waals surface area contributed by atoms with Gasteiger partial charge in [0.1, 0.15) is 10.8 Å². The first-order valence-electron chi connectivity index (χ1n) is 11.3. The Morgan fingerprint density at radius 3 is 2.29 bits per heavy atom. The largest absolute Gasteiger partial charge is 0.495 e. The number of methoxy groups -OCH3 is 1. The van der Waals surface area contributed by atoms with E-state index >= 15 is 0 Å². The van der Waals surface area contributed by atoms with Crippen molar-refractivity contribution in [1.82, 2.24) is 10.6 Å². The van der Waals surface area contributed by atoms with Gasteiger partial charge in [0, 0.05) is 4.88 Å². The van der Waals surface area contributed by atoms with E-state index in [0.29, 0.717) is 6.04 Å². The molecule has 1 atom stereocenters. The summed E-state index contributed by atoms with van der Waals surface area (Å²) in [6, 6.07) is 6.37. The van der Waals surface area contributed by atoms with Crippen molar-refractivity contribution < 1.29 is 9.53 Å². The molecule has 1 fully saturated rings. The second-order valence-electron chi connectivity index (χ2n) is 6.69. The second-order valence-corrected chi connectivity index (χ2v) is 8.32. The summed E-state index contributed by atoms with van der Waals surface area (Å²) in [7, 11) is 1.63. The molecule has 1 aromatic carbocycles. The van der Waals surface area contributed by atoms with Crippen LogP contribution in [0.15, 0.2) is 30.0 Å². The fourth-order valence-electron chi connectivity index (χ4n) is 3.21. The number of halogens is 1. The van der Waals surface area contributed by atoms with Gasteiger partial charge in [-0.1, -0.05) is 58.7 Å². The molecule has 4 rings (SSSR count). The van der Waals surface area contributed by atoms with Gasteiger partial charge in [0.15, 0.2) is 0 Å². The predicted octanol–water partition coefficient (Wildman–Crippen LogP) is 7.48. The van der Waals surface area contributed by atoms with E-state index in [0.717, 1.165) is 28.3 Å². The zero-order chi connectivity index (χ0) is 24.0. The van der Waals surface area contributed by atoms with E-state index < -0.39 is 0 Å². The highest BCUT2D eigenvalue weighted by molar-refractivity contribution is 7.19. The highest BCUT2D eigenvalue weighted by Crippen LogP contribution is 2.42. The number of carbonyl (C=O) groups is 1. The Hall–Kier alpha value is -1.72. The van der Waals surface area contributed by atoms with Crippen LogP contribution in [-0.4, -0.2) is 25.1 Å². The van der Waals surface area contributed by atoms with Crippen molar-refractivity contribution >= 4 is 39.4 Å². The molecule has 1 spiro atoms. The summed E-state index contributed by atoms with van der Waals surface area (Å²) in [6.45, 7) is 16.2. The molecule has 1 aliphatic carbocycles. The van der Waals surface area contributed by atoms with Gasteiger partial charge in [-0.05, 0) is 62.9 Å². The SMILES string of the molecule is CC.CC.CC.CC1=CNC2(CC2)C(NC=O)C1.COc1ccc2cc(C)sc2c1Cl. The molecule has 176 valence electrons. The van der Waals surface area contributed by atoms with Gasteiger partial charge in [0.2, 0.25) is 6.41 Å². The van der Waals surface area contributed by atoms with Crippen molar-refractivity contribution in [2.45, 2.75) is 86.2 Å². The lowest BCUT2D eigenvalue weighted by atomic mass is 9.95. The van der Waals surface area contributed by atoms with E-state index in [1.54, 1.807) is 18.4 Å². The summed E-state index contributed by atoms with van der Waals surface area (Å²) < 4.78 is 6.25. The molecule has 31 heavy (non-hydrogen) atoms. The van der Waals surface area contributed by atoms with Gasteiger partial charge in [-0.3, -0.25) is 4.79 Å². The molecule has 0 bridgehead atoms. The van der Waals surface area contributed by atoms with E-state index in [4.69, 9.17) is 16.3 Å². The molecule has 4 nitrogen and oxygen atoms in total. The highest BCUT2D eigenvalue weighted by atomic mass is 35.5. The molecule has 1 unspecified atom stereocenters. The van der Waals surface area contributed by atoms with Crippen LogP contribution < -0.4 is 15.4 Å². The average molecular weight is 469 g/mol. The monoisotopic (exact) mass is 468 g/mol. The molecule has 2 aliphatic rings. The van der Waals surface area contributed by atoms with E-state index in [2.05, 4.69) is 36.7 Å². The van der Waals surface area contributed by atoms with Gasteiger partial charge in [-0.15, -0.1) is 11.3 Å². The molecular formula is C25H41ClN2O2S. The summed E-state index contributed by atoms with van der Waals surface area (Å²) in [5.74, 6) is 0.746. The van der Waals surface area contributed by atoms with Crippen LogP contribution in [0.1, 0.15) is 72.6 Å². The molecule has 2 heterocycles. The Labute approximate surface area is 198 Å². The van der Waals surface area contributed by atoms with Gasteiger partial charge in [-0.25, -0.2) is 0 Å². The normalized spacial score (nSPS) is 16.8. The topological polar surface area (TPSA) is 50.4 Å². The van der Waals surface area contributed by atoms with Crippen LogP contribution in [-0.2, 0) is 4.79 Å². The first-order valence-corrected chi connectivity index (χ1v) is 12.5. The molecule has 2 N–H and O–H groups in total. The first kappa shape index (κ1) is 29.3. The van der Waals surface area contributed by atoms with E-state index in [1.807, 2.05) is 53.7 Å². The van der Waals surface area contributed by atoms with Crippen LogP contribution in [0.2, 0.25) is 5.02 Å². The zero-order valence-corrected chi connectivity index (χ0v) is 22.3. The van der Waals surface area contributed by atoms with Crippen molar-refractivity contribution in [2.75, 3.05) is 7.11 Å². The van der Waals surface area contributed by atoms with Crippen LogP contribution in [0.5, 0.6) is 5.75 Å². The number of ether oxygens (including phenoxy) is 1. The van der Waals surface area contributed by atoms with Gasteiger partial charge < -0.3 is 15.4 Å². The number of carbonyl (C=O) groups excluding carboxylic acids is 1. The fraction of sp³-hybridized carbons (Fsp3) is 0.560. The van der Waals surface area contributed by atoms with E-state index in [1.165, 1.54) is 28.7 Å². The van der Waals surface area contributed by atoms with E-state index in [-0.39, 0.29) is 5.54 Å². The number of thiophene rings is 1. The highest BCUT2D eigenvalue weighted by Gasteiger charge is 2.50. The van der Waals surface area contributed by atoms with Crippen molar-refractivity contribution in [3.63, 3.8) is 0 Å². The number of benzene rings is 1. The molecule has 2 aromatic rings. The molecule has 1 saturated carbocycles. The minimum Gasteiger partial charge on any atom is -0.495 e. The number of hydrogen-bond donors (Lipinski definition) is 2. The minimum absolute atomic E-state index is 0.209.